The predicted molar refractivity (Wildman–Crippen MR) is 111 cm³/mol. The summed E-state index contributed by atoms with van der Waals surface area (Å²) in [5.41, 5.74) is 0.0773. The molecule has 0 unspecified atom stereocenters. The Labute approximate surface area is 177 Å². The van der Waals surface area contributed by atoms with Crippen molar-refractivity contribution in [3.05, 3.63) is 48.0 Å². The first-order valence-electron chi connectivity index (χ1n) is 9.20. The van der Waals surface area contributed by atoms with Crippen molar-refractivity contribution >= 4 is 26.3 Å². The Kier molecular flexibility index (Phi) is 7.67. The second-order valence-corrected chi connectivity index (χ2v) is 10.6. The molecule has 0 saturated carbocycles. The highest BCUT2D eigenvalue weighted by Crippen LogP contribution is 2.45. The van der Waals surface area contributed by atoms with E-state index in [0.29, 0.717) is 12.1 Å². The molecule has 1 heterocycles. The number of rotatable bonds is 10. The molecular formula is C19H27NO8S2. The summed E-state index contributed by atoms with van der Waals surface area (Å²) in [5.74, 6) is -0.138. The van der Waals surface area contributed by atoms with Gasteiger partial charge in [0.1, 0.15) is 6.61 Å². The van der Waals surface area contributed by atoms with Crippen LogP contribution in [0.25, 0.3) is 0 Å². The second-order valence-electron chi connectivity index (χ2n) is 7.32. The third kappa shape index (κ3) is 6.27. The summed E-state index contributed by atoms with van der Waals surface area (Å²) in [6.07, 6.45) is 1.32. The maximum Gasteiger partial charge on any atom is 0.410 e. The van der Waals surface area contributed by atoms with E-state index in [-0.39, 0.29) is 32.2 Å². The van der Waals surface area contributed by atoms with Crippen LogP contribution in [0.2, 0.25) is 0 Å². The Morgan fingerprint density at radius 2 is 1.73 bits per heavy atom. The van der Waals surface area contributed by atoms with Gasteiger partial charge in [-0.3, -0.25) is 13.3 Å². The van der Waals surface area contributed by atoms with Gasteiger partial charge in [0.25, 0.3) is 20.2 Å². The standard InChI is InChI=1S/C19H27NO8S2/c1-15-12-20(18(21)26-14-17-8-6-5-7-9-17)19(15,10-11-27-29(3,22)23)16(2)13-28-30(4,24)25/h5-9,15H,2,10-14H2,1,3-4H3/t15-,19-/m0/s1. The van der Waals surface area contributed by atoms with Crippen molar-refractivity contribution in [2.75, 3.05) is 32.3 Å². The minimum atomic E-state index is -3.73. The average Bonchev–Trinajstić information content (AvgIpc) is 2.65. The molecule has 1 aromatic rings. The van der Waals surface area contributed by atoms with E-state index in [1.165, 1.54) is 4.90 Å². The van der Waals surface area contributed by atoms with Gasteiger partial charge in [-0.2, -0.15) is 16.8 Å². The van der Waals surface area contributed by atoms with Gasteiger partial charge in [-0.1, -0.05) is 43.8 Å². The lowest BCUT2D eigenvalue weighted by Crippen LogP contribution is -2.69. The molecule has 0 spiro atoms. The first-order valence-corrected chi connectivity index (χ1v) is 12.8. The van der Waals surface area contributed by atoms with Crippen LogP contribution >= 0.6 is 0 Å². The molecular weight excluding hydrogens is 434 g/mol. The van der Waals surface area contributed by atoms with Crippen LogP contribution < -0.4 is 0 Å². The van der Waals surface area contributed by atoms with Crippen molar-refractivity contribution < 1.29 is 34.7 Å². The molecule has 0 aliphatic carbocycles. The van der Waals surface area contributed by atoms with Gasteiger partial charge in [0.05, 0.1) is 31.3 Å². The van der Waals surface area contributed by atoms with Crippen molar-refractivity contribution in [3.63, 3.8) is 0 Å². The Morgan fingerprint density at radius 3 is 2.27 bits per heavy atom. The van der Waals surface area contributed by atoms with Gasteiger partial charge in [-0.05, 0) is 17.6 Å². The quantitative estimate of drug-likeness (QED) is 0.383. The molecule has 1 aromatic carbocycles. The summed E-state index contributed by atoms with van der Waals surface area (Å²) in [5, 5.41) is 0. The van der Waals surface area contributed by atoms with E-state index in [1.54, 1.807) is 0 Å². The summed E-state index contributed by atoms with van der Waals surface area (Å²) in [6.45, 7) is 5.63. The van der Waals surface area contributed by atoms with Crippen LogP contribution in [0.15, 0.2) is 42.5 Å². The minimum Gasteiger partial charge on any atom is -0.445 e. The minimum absolute atomic E-state index is 0.0623. The summed E-state index contributed by atoms with van der Waals surface area (Å²) in [4.78, 5) is 14.2. The zero-order valence-electron chi connectivity index (χ0n) is 17.2. The zero-order chi connectivity index (χ0) is 22.6. The van der Waals surface area contributed by atoms with Gasteiger partial charge in [0, 0.05) is 12.5 Å². The Hall–Kier alpha value is -1.95. The van der Waals surface area contributed by atoms with Gasteiger partial charge in [-0.15, -0.1) is 0 Å². The maximum absolute atomic E-state index is 12.8. The molecule has 0 bridgehead atoms. The highest BCUT2D eigenvalue weighted by molar-refractivity contribution is 7.86. The normalized spacial score (nSPS) is 21.7. The molecule has 2 atom stereocenters. The van der Waals surface area contributed by atoms with E-state index < -0.39 is 31.9 Å². The monoisotopic (exact) mass is 461 g/mol. The number of nitrogens with zero attached hydrogens (tertiary/aromatic N) is 1. The fraction of sp³-hybridized carbons (Fsp3) is 0.526. The van der Waals surface area contributed by atoms with Crippen LogP contribution in [0.3, 0.4) is 0 Å². The van der Waals surface area contributed by atoms with Gasteiger partial charge >= 0.3 is 6.09 Å². The van der Waals surface area contributed by atoms with Crippen molar-refractivity contribution in [2.45, 2.75) is 25.5 Å². The van der Waals surface area contributed by atoms with E-state index in [4.69, 9.17) is 13.1 Å². The van der Waals surface area contributed by atoms with Crippen LogP contribution in [-0.2, 0) is 39.9 Å². The summed E-state index contributed by atoms with van der Waals surface area (Å²) < 4.78 is 60.6. The molecule has 9 nitrogen and oxygen atoms in total. The molecule has 1 amide bonds. The molecule has 2 rings (SSSR count). The third-order valence-corrected chi connectivity index (χ3v) is 6.16. The average molecular weight is 462 g/mol. The molecule has 11 heteroatoms. The van der Waals surface area contributed by atoms with Crippen LogP contribution in [0.5, 0.6) is 0 Å². The summed E-state index contributed by atoms with van der Waals surface area (Å²) in [6, 6.07) is 9.13. The second kappa shape index (κ2) is 9.46. The largest absolute Gasteiger partial charge is 0.445 e. The number of hydrogen-bond donors (Lipinski definition) is 0. The Balaban J connectivity index is 2.18. The fourth-order valence-corrected chi connectivity index (χ4v) is 4.27. The highest BCUT2D eigenvalue weighted by atomic mass is 32.2. The Bertz CT molecular complexity index is 975. The number of benzene rings is 1. The van der Waals surface area contributed by atoms with Crippen molar-refractivity contribution in [3.8, 4) is 0 Å². The van der Waals surface area contributed by atoms with Gasteiger partial charge in [0.15, 0.2) is 0 Å². The Morgan fingerprint density at radius 1 is 1.13 bits per heavy atom. The molecule has 1 aliphatic rings. The van der Waals surface area contributed by atoms with Crippen molar-refractivity contribution in [2.24, 2.45) is 5.92 Å². The van der Waals surface area contributed by atoms with Crippen LogP contribution in [-0.4, -0.2) is 65.6 Å². The number of carbonyl (C=O) groups is 1. The first-order chi connectivity index (χ1) is 13.8. The van der Waals surface area contributed by atoms with E-state index in [1.807, 2.05) is 37.3 Å². The molecule has 0 aromatic heterocycles. The lowest BCUT2D eigenvalue weighted by Gasteiger charge is -2.58. The van der Waals surface area contributed by atoms with E-state index in [0.717, 1.165) is 18.1 Å². The molecule has 0 radical (unpaired) electrons. The number of ether oxygens (including phenoxy) is 1. The van der Waals surface area contributed by atoms with Crippen LogP contribution in [0.4, 0.5) is 4.79 Å². The zero-order valence-corrected chi connectivity index (χ0v) is 18.9. The number of likely N-dealkylation sites (tertiary alicyclic amines) is 1. The molecule has 1 saturated heterocycles. The molecule has 1 fully saturated rings. The van der Waals surface area contributed by atoms with E-state index >= 15 is 0 Å². The molecule has 168 valence electrons. The molecule has 0 N–H and O–H groups in total. The lowest BCUT2D eigenvalue weighted by atomic mass is 9.68. The predicted octanol–water partition coefficient (Wildman–Crippen LogP) is 1.91. The number of amides is 1. The first kappa shape index (κ1) is 24.3. The smallest absolute Gasteiger partial charge is 0.410 e. The fourth-order valence-electron chi connectivity index (χ4n) is 3.53. The molecule has 30 heavy (non-hydrogen) atoms. The summed E-state index contributed by atoms with van der Waals surface area (Å²) >= 11 is 0. The van der Waals surface area contributed by atoms with Gasteiger partial charge < -0.3 is 4.74 Å². The topological polar surface area (TPSA) is 116 Å². The number of hydrogen-bond acceptors (Lipinski definition) is 8. The van der Waals surface area contributed by atoms with Crippen LogP contribution in [0.1, 0.15) is 18.9 Å². The SMILES string of the molecule is C=C(COS(C)(=O)=O)[C@]1(CCOS(C)(=O)=O)[C@@H](C)CN1C(=O)OCc1ccccc1. The van der Waals surface area contributed by atoms with Gasteiger partial charge in [0.2, 0.25) is 0 Å². The number of carbonyl (C=O) groups excluding carboxylic acids is 1. The third-order valence-electron chi connectivity index (χ3n) is 5.02. The van der Waals surface area contributed by atoms with Crippen molar-refractivity contribution in [1.29, 1.82) is 0 Å². The maximum atomic E-state index is 12.8. The van der Waals surface area contributed by atoms with E-state index in [9.17, 15) is 21.6 Å². The van der Waals surface area contributed by atoms with Crippen LogP contribution in [0, 0.1) is 5.92 Å². The van der Waals surface area contributed by atoms with Gasteiger partial charge in [-0.25, -0.2) is 4.79 Å². The van der Waals surface area contributed by atoms with E-state index in [2.05, 4.69) is 6.58 Å². The molecule has 1 aliphatic heterocycles. The highest BCUT2D eigenvalue weighted by Gasteiger charge is 2.55. The summed E-state index contributed by atoms with van der Waals surface area (Å²) in [7, 11) is -7.42. The lowest BCUT2D eigenvalue weighted by molar-refractivity contribution is -0.0540. The van der Waals surface area contributed by atoms with Crippen molar-refractivity contribution in [1.82, 2.24) is 4.90 Å².